The summed E-state index contributed by atoms with van der Waals surface area (Å²) in [5.74, 6) is 0.960. The predicted molar refractivity (Wildman–Crippen MR) is 132 cm³/mol. The number of alkyl carbamates (subject to hydrolysis) is 1. The number of anilines is 1. The van der Waals surface area contributed by atoms with Crippen LogP contribution >= 0.6 is 27.3 Å². The molecule has 33 heavy (non-hydrogen) atoms. The molecule has 0 unspecified atom stereocenters. The molecule has 8 nitrogen and oxygen atoms in total. The Kier molecular flexibility index (Phi) is 5.43. The molecule has 5 rings (SSSR count). The summed E-state index contributed by atoms with van der Waals surface area (Å²) in [6.07, 6.45) is 4.20. The lowest BCUT2D eigenvalue weighted by Gasteiger charge is -2.43. The van der Waals surface area contributed by atoms with Gasteiger partial charge in [0.1, 0.15) is 15.7 Å². The van der Waals surface area contributed by atoms with Gasteiger partial charge in [0.15, 0.2) is 5.82 Å². The van der Waals surface area contributed by atoms with Crippen LogP contribution in [0.15, 0.2) is 16.9 Å². The smallest absolute Gasteiger partial charge is 0.408 e. The molecule has 0 radical (unpaired) electrons. The highest BCUT2D eigenvalue weighted by Gasteiger charge is 2.50. The third-order valence-electron chi connectivity index (χ3n) is 6.58. The fourth-order valence-corrected chi connectivity index (χ4v) is 6.61. The first kappa shape index (κ1) is 22.6. The maximum Gasteiger partial charge on any atom is 0.408 e. The van der Waals surface area contributed by atoms with Gasteiger partial charge in [-0.15, -0.1) is 11.3 Å². The van der Waals surface area contributed by atoms with Crippen molar-refractivity contribution < 1.29 is 9.53 Å². The number of hydrogen-bond acceptors (Lipinski definition) is 7. The minimum Gasteiger partial charge on any atom is -0.444 e. The number of nitrogens with one attached hydrogen (secondary N) is 1. The van der Waals surface area contributed by atoms with E-state index in [0.717, 1.165) is 64.7 Å². The fraction of sp³-hybridized carbons (Fsp3) is 0.565. The second-order valence-corrected chi connectivity index (χ2v) is 12.1. The number of piperidine rings is 1. The molecule has 3 aromatic rings. The third kappa shape index (κ3) is 4.01. The lowest BCUT2D eigenvalue weighted by molar-refractivity contribution is 0.0429. The van der Waals surface area contributed by atoms with Gasteiger partial charge in [0, 0.05) is 18.5 Å². The quantitative estimate of drug-likeness (QED) is 0.501. The Morgan fingerprint density at radius 1 is 1.27 bits per heavy atom. The molecule has 176 valence electrons. The molecule has 2 aliphatic rings. The van der Waals surface area contributed by atoms with Crippen molar-refractivity contribution in [1.29, 1.82) is 0 Å². The molecule has 1 amide bonds. The highest BCUT2D eigenvalue weighted by molar-refractivity contribution is 9.10. The van der Waals surface area contributed by atoms with Crippen LogP contribution in [-0.2, 0) is 11.2 Å². The number of fused-ring (bicyclic) bond motifs is 2. The van der Waals surface area contributed by atoms with E-state index >= 15 is 0 Å². The van der Waals surface area contributed by atoms with Crippen molar-refractivity contribution in [3.8, 4) is 0 Å². The van der Waals surface area contributed by atoms with Gasteiger partial charge in [0.25, 0.3) is 0 Å². The van der Waals surface area contributed by atoms with Crippen LogP contribution < -0.4 is 10.2 Å². The molecule has 4 heterocycles. The molecule has 1 spiro atoms. The van der Waals surface area contributed by atoms with Gasteiger partial charge in [0.05, 0.1) is 33.5 Å². The standard InChI is InChI=1S/C23H29BrN6O2S/c1-13-19(24)30-16(6-9-25-30)20(26-13)29-10-7-23(8-11-29)12-15-17(33-14(2)27-15)18(23)28-21(31)32-22(3,4)5/h6,9,18H,7-8,10-12H2,1-5H3,(H,28,31)/t18-/m1/s1. The molecule has 1 saturated heterocycles. The van der Waals surface area contributed by atoms with E-state index in [1.807, 2.05) is 45.2 Å². The topological polar surface area (TPSA) is 84.6 Å². The summed E-state index contributed by atoms with van der Waals surface area (Å²) in [6.45, 7) is 11.4. The van der Waals surface area contributed by atoms with Crippen LogP contribution in [0.25, 0.3) is 5.52 Å². The van der Waals surface area contributed by atoms with E-state index < -0.39 is 5.60 Å². The van der Waals surface area contributed by atoms with Crippen molar-refractivity contribution in [2.24, 2.45) is 5.41 Å². The number of aryl methyl sites for hydroxylation is 2. The summed E-state index contributed by atoms with van der Waals surface area (Å²) in [6, 6.07) is 1.93. The summed E-state index contributed by atoms with van der Waals surface area (Å²) in [5.41, 5.74) is 2.44. The number of aromatic nitrogens is 4. The van der Waals surface area contributed by atoms with Gasteiger partial charge in [-0.05, 0) is 75.9 Å². The van der Waals surface area contributed by atoms with Crippen LogP contribution in [0, 0.1) is 19.3 Å². The minimum absolute atomic E-state index is 0.0593. The molecule has 0 saturated carbocycles. The normalized spacial score (nSPS) is 19.8. The number of amides is 1. The molecule has 3 aromatic heterocycles. The fourth-order valence-electron chi connectivity index (χ4n) is 5.10. The Balaban J connectivity index is 1.41. The van der Waals surface area contributed by atoms with Crippen molar-refractivity contribution >= 4 is 44.7 Å². The van der Waals surface area contributed by atoms with Crippen LogP contribution in [0.1, 0.15) is 60.9 Å². The lowest BCUT2D eigenvalue weighted by Crippen LogP contribution is -2.48. The van der Waals surface area contributed by atoms with E-state index in [-0.39, 0.29) is 17.6 Å². The number of hydrogen-bond donors (Lipinski definition) is 1. The molecule has 0 bridgehead atoms. The van der Waals surface area contributed by atoms with Gasteiger partial charge in [-0.1, -0.05) is 0 Å². The summed E-state index contributed by atoms with van der Waals surface area (Å²) >= 11 is 5.29. The van der Waals surface area contributed by atoms with Crippen LogP contribution in [0.5, 0.6) is 0 Å². The van der Waals surface area contributed by atoms with Gasteiger partial charge in [0.2, 0.25) is 0 Å². The SMILES string of the molecule is Cc1nc2c(s1)[C@@H](NC(=O)OC(C)(C)C)C1(CCN(c3nc(C)c(Br)n4nccc34)CC1)C2. The van der Waals surface area contributed by atoms with Crippen LogP contribution in [0.3, 0.4) is 0 Å². The van der Waals surface area contributed by atoms with Crippen LogP contribution in [-0.4, -0.2) is 44.4 Å². The van der Waals surface area contributed by atoms with E-state index in [4.69, 9.17) is 14.7 Å². The van der Waals surface area contributed by atoms with Crippen molar-refractivity contribution in [2.45, 2.75) is 65.5 Å². The third-order valence-corrected chi connectivity index (χ3v) is 8.57. The number of thiazole rings is 1. The van der Waals surface area contributed by atoms with Crippen LogP contribution in [0.2, 0.25) is 0 Å². The first-order valence-electron chi connectivity index (χ1n) is 11.3. The molecule has 10 heteroatoms. The Hall–Kier alpha value is -2.20. The van der Waals surface area contributed by atoms with Crippen molar-refractivity contribution in [3.63, 3.8) is 0 Å². The number of halogens is 1. The van der Waals surface area contributed by atoms with E-state index in [9.17, 15) is 4.79 Å². The maximum absolute atomic E-state index is 12.7. The molecular formula is C23H29BrN6O2S. The largest absolute Gasteiger partial charge is 0.444 e. The molecule has 1 aliphatic heterocycles. The van der Waals surface area contributed by atoms with E-state index in [0.29, 0.717) is 0 Å². The molecule has 1 atom stereocenters. The zero-order valence-corrected chi connectivity index (χ0v) is 22.0. The zero-order valence-electron chi connectivity index (χ0n) is 19.6. The summed E-state index contributed by atoms with van der Waals surface area (Å²) in [7, 11) is 0. The number of carbonyl (C=O) groups excluding carboxylic acids is 1. The summed E-state index contributed by atoms with van der Waals surface area (Å²) in [4.78, 5) is 25.9. The van der Waals surface area contributed by atoms with E-state index in [1.165, 1.54) is 4.88 Å². The first-order chi connectivity index (χ1) is 15.6. The minimum atomic E-state index is -0.534. The van der Waals surface area contributed by atoms with Crippen LogP contribution in [0.4, 0.5) is 10.6 Å². The second kappa shape index (κ2) is 7.94. The Morgan fingerprint density at radius 2 is 2.00 bits per heavy atom. The van der Waals surface area contributed by atoms with Crippen molar-refractivity contribution in [3.05, 3.63) is 38.1 Å². The number of nitrogens with zero attached hydrogens (tertiary/aromatic N) is 5. The van der Waals surface area contributed by atoms with E-state index in [1.54, 1.807) is 17.5 Å². The molecule has 1 N–H and O–H groups in total. The van der Waals surface area contributed by atoms with Gasteiger partial charge in [-0.25, -0.2) is 19.3 Å². The van der Waals surface area contributed by atoms with Gasteiger partial charge < -0.3 is 15.0 Å². The molecular weight excluding hydrogens is 504 g/mol. The van der Waals surface area contributed by atoms with Crippen molar-refractivity contribution in [2.75, 3.05) is 18.0 Å². The molecule has 1 aliphatic carbocycles. The average Bonchev–Trinajstić information content (AvgIpc) is 3.40. The monoisotopic (exact) mass is 532 g/mol. The number of ether oxygens (including phenoxy) is 1. The maximum atomic E-state index is 12.7. The summed E-state index contributed by atoms with van der Waals surface area (Å²) < 4.78 is 8.38. The predicted octanol–water partition coefficient (Wildman–Crippen LogP) is 4.97. The average molecular weight is 533 g/mol. The van der Waals surface area contributed by atoms with Gasteiger partial charge >= 0.3 is 6.09 Å². The highest BCUT2D eigenvalue weighted by Crippen LogP contribution is 2.54. The second-order valence-electron chi connectivity index (χ2n) is 10.1. The first-order valence-corrected chi connectivity index (χ1v) is 12.9. The summed E-state index contributed by atoms with van der Waals surface area (Å²) in [5, 5.41) is 8.70. The molecule has 1 fully saturated rings. The van der Waals surface area contributed by atoms with E-state index in [2.05, 4.69) is 31.2 Å². The lowest BCUT2D eigenvalue weighted by atomic mass is 9.73. The van der Waals surface area contributed by atoms with Crippen molar-refractivity contribution in [1.82, 2.24) is 24.9 Å². The molecule has 0 aromatic carbocycles. The number of carbonyl (C=O) groups is 1. The van der Waals surface area contributed by atoms with Gasteiger partial charge in [-0.3, -0.25) is 0 Å². The van der Waals surface area contributed by atoms with Gasteiger partial charge in [-0.2, -0.15) is 5.10 Å². The Morgan fingerprint density at radius 3 is 2.70 bits per heavy atom. The Labute approximate surface area is 205 Å². The Bertz CT molecular complexity index is 1220. The number of rotatable bonds is 2. The zero-order chi connectivity index (χ0) is 23.5. The highest BCUT2D eigenvalue weighted by atomic mass is 79.9.